The van der Waals surface area contributed by atoms with E-state index in [2.05, 4.69) is 15.1 Å². The van der Waals surface area contributed by atoms with Crippen LogP contribution < -0.4 is 10.0 Å². The molecule has 0 aliphatic carbocycles. The molecule has 34 heavy (non-hydrogen) atoms. The number of hydrogen-bond acceptors (Lipinski definition) is 4. The first kappa shape index (κ1) is 21.5. The Morgan fingerprint density at radius 3 is 1.79 bits per heavy atom. The van der Waals surface area contributed by atoms with Gasteiger partial charge in [0.25, 0.3) is 10.0 Å². The van der Waals surface area contributed by atoms with Gasteiger partial charge in [-0.3, -0.25) is 4.72 Å². The van der Waals surface area contributed by atoms with Crippen molar-refractivity contribution in [2.75, 3.05) is 10.0 Å². The Hall–Kier alpha value is -4.36. The van der Waals surface area contributed by atoms with Gasteiger partial charge in [0, 0.05) is 22.6 Å². The van der Waals surface area contributed by atoms with E-state index in [0.29, 0.717) is 11.4 Å². The highest BCUT2D eigenvalue weighted by Gasteiger charge is 2.24. The number of anilines is 3. The van der Waals surface area contributed by atoms with Gasteiger partial charge in [-0.15, -0.1) is 0 Å². The van der Waals surface area contributed by atoms with Crippen LogP contribution in [0.3, 0.4) is 0 Å². The van der Waals surface area contributed by atoms with Gasteiger partial charge in [-0.25, -0.2) is 13.1 Å². The summed E-state index contributed by atoms with van der Waals surface area (Å²) in [6, 6.07) is 35.6. The molecule has 6 nitrogen and oxygen atoms in total. The molecule has 5 aromatic rings. The lowest BCUT2D eigenvalue weighted by Gasteiger charge is -2.10. The van der Waals surface area contributed by atoms with Crippen LogP contribution >= 0.6 is 0 Å². The first-order chi connectivity index (χ1) is 16.6. The Morgan fingerprint density at radius 2 is 1.15 bits per heavy atom. The maximum atomic E-state index is 13.4. The summed E-state index contributed by atoms with van der Waals surface area (Å²) in [5.41, 5.74) is 4.16. The van der Waals surface area contributed by atoms with E-state index in [1.807, 2.05) is 103 Å². The number of rotatable bonds is 7. The lowest BCUT2D eigenvalue weighted by molar-refractivity contribution is 0.601. The van der Waals surface area contributed by atoms with Crippen molar-refractivity contribution in [3.8, 4) is 16.9 Å². The lowest BCUT2D eigenvalue weighted by atomic mass is 10.2. The molecule has 0 radical (unpaired) electrons. The van der Waals surface area contributed by atoms with Crippen molar-refractivity contribution in [3.63, 3.8) is 0 Å². The van der Waals surface area contributed by atoms with Gasteiger partial charge in [-0.2, -0.15) is 5.10 Å². The minimum absolute atomic E-state index is 0.106. The minimum Gasteiger partial charge on any atom is -0.356 e. The van der Waals surface area contributed by atoms with Crippen LogP contribution in [0, 0.1) is 0 Å². The Morgan fingerprint density at radius 1 is 0.618 bits per heavy atom. The summed E-state index contributed by atoms with van der Waals surface area (Å²) in [5, 5.41) is 7.89. The molecule has 7 heteroatoms. The van der Waals surface area contributed by atoms with Crippen molar-refractivity contribution in [2.45, 2.75) is 4.90 Å². The first-order valence-corrected chi connectivity index (χ1v) is 12.2. The highest BCUT2D eigenvalue weighted by molar-refractivity contribution is 7.92. The molecule has 0 aliphatic rings. The largest absolute Gasteiger partial charge is 0.356 e. The number of sulfonamides is 1. The summed E-state index contributed by atoms with van der Waals surface area (Å²) in [6.07, 6.45) is 1.55. The number of hydrogen-bond donors (Lipinski definition) is 2. The predicted octanol–water partition coefficient (Wildman–Crippen LogP) is 6.08. The highest BCUT2D eigenvalue weighted by Crippen LogP contribution is 2.29. The van der Waals surface area contributed by atoms with Crippen molar-refractivity contribution in [1.82, 2.24) is 9.78 Å². The molecular formula is C27H22N4O2S. The summed E-state index contributed by atoms with van der Waals surface area (Å²) >= 11 is 0. The first-order valence-electron chi connectivity index (χ1n) is 10.7. The molecule has 0 saturated heterocycles. The van der Waals surface area contributed by atoms with E-state index < -0.39 is 10.0 Å². The second-order valence-electron chi connectivity index (χ2n) is 7.66. The van der Waals surface area contributed by atoms with Gasteiger partial charge in [0.05, 0.1) is 11.9 Å². The standard InChI is InChI=1S/C27H22N4O2S/c32-34(33,30-24-18-16-23(17-19-24)28-22-12-6-2-7-13-22)26-20-31(25-14-8-3-9-15-25)29-27(26)21-10-4-1-5-11-21/h1-20,28,30H. The zero-order chi connectivity index (χ0) is 23.4. The van der Waals surface area contributed by atoms with E-state index in [9.17, 15) is 8.42 Å². The average molecular weight is 467 g/mol. The monoisotopic (exact) mass is 466 g/mol. The number of aromatic nitrogens is 2. The molecule has 168 valence electrons. The predicted molar refractivity (Wildman–Crippen MR) is 136 cm³/mol. The van der Waals surface area contributed by atoms with Crippen LogP contribution in [0.5, 0.6) is 0 Å². The normalized spacial score (nSPS) is 11.2. The SMILES string of the molecule is O=S(=O)(Nc1ccc(Nc2ccccc2)cc1)c1cn(-c2ccccc2)nc1-c1ccccc1. The van der Waals surface area contributed by atoms with E-state index >= 15 is 0 Å². The van der Waals surface area contributed by atoms with Gasteiger partial charge >= 0.3 is 0 Å². The van der Waals surface area contributed by atoms with Crippen LogP contribution in [0.1, 0.15) is 0 Å². The van der Waals surface area contributed by atoms with Gasteiger partial charge in [0.1, 0.15) is 10.6 Å². The molecule has 0 saturated carbocycles. The molecule has 5 rings (SSSR count). The maximum absolute atomic E-state index is 13.4. The Balaban J connectivity index is 1.46. The van der Waals surface area contributed by atoms with Gasteiger partial charge in [-0.05, 0) is 48.5 Å². The molecule has 1 aromatic heterocycles. The molecule has 0 amide bonds. The molecule has 0 aliphatic heterocycles. The van der Waals surface area contributed by atoms with Crippen molar-refractivity contribution in [1.29, 1.82) is 0 Å². The third-order valence-electron chi connectivity index (χ3n) is 5.24. The van der Waals surface area contributed by atoms with Crippen LogP contribution in [-0.4, -0.2) is 18.2 Å². The van der Waals surface area contributed by atoms with Crippen molar-refractivity contribution in [2.24, 2.45) is 0 Å². The van der Waals surface area contributed by atoms with Crippen LogP contribution in [0.15, 0.2) is 126 Å². The summed E-state index contributed by atoms with van der Waals surface area (Å²) in [5.74, 6) is 0. The smallest absolute Gasteiger partial charge is 0.265 e. The second kappa shape index (κ2) is 9.25. The fourth-order valence-electron chi connectivity index (χ4n) is 3.58. The van der Waals surface area contributed by atoms with Gasteiger partial charge in [0.2, 0.25) is 0 Å². The summed E-state index contributed by atoms with van der Waals surface area (Å²) < 4.78 is 31.2. The highest BCUT2D eigenvalue weighted by atomic mass is 32.2. The lowest BCUT2D eigenvalue weighted by Crippen LogP contribution is -2.13. The number of benzene rings is 4. The van der Waals surface area contributed by atoms with Crippen LogP contribution in [0.4, 0.5) is 17.1 Å². The summed E-state index contributed by atoms with van der Waals surface area (Å²) in [7, 11) is -3.90. The molecule has 0 fully saturated rings. The number of nitrogens with zero attached hydrogens (tertiary/aromatic N) is 2. The van der Waals surface area contributed by atoms with Crippen LogP contribution in [0.25, 0.3) is 16.9 Å². The third kappa shape index (κ3) is 4.69. The van der Waals surface area contributed by atoms with E-state index in [1.165, 1.54) is 0 Å². The average Bonchev–Trinajstić information content (AvgIpc) is 3.34. The van der Waals surface area contributed by atoms with Crippen LogP contribution in [-0.2, 0) is 10.0 Å². The Bertz CT molecular complexity index is 1480. The van der Waals surface area contributed by atoms with Gasteiger partial charge in [-0.1, -0.05) is 66.7 Å². The van der Waals surface area contributed by atoms with E-state index in [4.69, 9.17) is 0 Å². The molecule has 1 heterocycles. The third-order valence-corrected chi connectivity index (χ3v) is 6.62. The molecular weight excluding hydrogens is 444 g/mol. The molecule has 0 spiro atoms. The topological polar surface area (TPSA) is 76.0 Å². The second-order valence-corrected chi connectivity index (χ2v) is 9.31. The maximum Gasteiger partial charge on any atom is 0.265 e. The number of nitrogens with one attached hydrogen (secondary N) is 2. The van der Waals surface area contributed by atoms with E-state index in [-0.39, 0.29) is 4.90 Å². The Kier molecular flexibility index (Phi) is 5.84. The molecule has 0 atom stereocenters. The molecule has 2 N–H and O–H groups in total. The molecule has 0 bridgehead atoms. The van der Waals surface area contributed by atoms with E-state index in [0.717, 1.165) is 22.6 Å². The number of para-hydroxylation sites is 2. The summed E-state index contributed by atoms with van der Waals surface area (Å²) in [6.45, 7) is 0. The van der Waals surface area contributed by atoms with Gasteiger partial charge in [0.15, 0.2) is 0 Å². The Labute approximate surface area is 198 Å². The van der Waals surface area contributed by atoms with E-state index in [1.54, 1.807) is 23.0 Å². The molecule has 4 aromatic carbocycles. The quantitative estimate of drug-likeness (QED) is 0.305. The molecule has 0 unspecified atom stereocenters. The minimum atomic E-state index is -3.90. The van der Waals surface area contributed by atoms with Crippen molar-refractivity contribution < 1.29 is 8.42 Å². The zero-order valence-electron chi connectivity index (χ0n) is 18.2. The summed E-state index contributed by atoms with van der Waals surface area (Å²) in [4.78, 5) is 0.106. The van der Waals surface area contributed by atoms with Crippen LogP contribution in [0.2, 0.25) is 0 Å². The fourth-order valence-corrected chi connectivity index (χ4v) is 4.79. The van der Waals surface area contributed by atoms with Crippen molar-refractivity contribution >= 4 is 27.1 Å². The van der Waals surface area contributed by atoms with Crippen molar-refractivity contribution in [3.05, 3.63) is 121 Å². The fraction of sp³-hybridized carbons (Fsp3) is 0. The zero-order valence-corrected chi connectivity index (χ0v) is 19.0. The van der Waals surface area contributed by atoms with Gasteiger partial charge < -0.3 is 5.32 Å².